The van der Waals surface area contributed by atoms with Gasteiger partial charge in [0.25, 0.3) is 0 Å². The number of hydrogen-bond donors (Lipinski definition) is 4. The van der Waals surface area contributed by atoms with Crippen LogP contribution >= 0.6 is 7.82 Å². The van der Waals surface area contributed by atoms with Crippen LogP contribution in [-0.4, -0.2) is 47.8 Å². The fraction of sp³-hybridized carbons (Fsp3) is 0.919. The largest absolute Gasteiger partial charge is 0.472 e. The van der Waals surface area contributed by atoms with Crippen molar-refractivity contribution in [2.75, 3.05) is 19.8 Å². The van der Waals surface area contributed by atoms with Gasteiger partial charge in [-0.1, -0.05) is 174 Å². The Morgan fingerprint density at radius 1 is 0.696 bits per heavy atom. The van der Waals surface area contributed by atoms with Crippen molar-refractivity contribution in [1.29, 1.82) is 0 Å². The molecule has 8 nitrogen and oxygen atoms in total. The molecule has 5 N–H and O–H groups in total. The standard InChI is InChI=1S/C37H75N2O6P/c1-3-5-7-9-11-13-15-17-18-19-21-23-25-27-29-31-37(41)39-35(34-45-46(42,43)44-33-32-38)36(40)30-28-26-24-22-20-16-14-12-10-8-6-4-2/h28,30,35-36,40H,3-27,29,31-34,38H2,1-2H3,(H,39,41)(H,42,43)/b30-28+. The Bertz CT molecular complexity index is 739. The molecule has 0 aliphatic rings. The summed E-state index contributed by atoms with van der Waals surface area (Å²) >= 11 is 0. The van der Waals surface area contributed by atoms with Crippen LogP contribution in [0.4, 0.5) is 0 Å². The van der Waals surface area contributed by atoms with Gasteiger partial charge in [-0.15, -0.1) is 0 Å². The third kappa shape index (κ3) is 31.8. The number of amides is 1. The van der Waals surface area contributed by atoms with Crippen molar-refractivity contribution in [2.24, 2.45) is 5.73 Å². The van der Waals surface area contributed by atoms with Crippen LogP contribution in [0, 0.1) is 0 Å². The molecular formula is C37H75N2O6P. The number of aliphatic hydroxyl groups excluding tert-OH is 1. The first kappa shape index (κ1) is 45.2. The number of phosphoric acid groups is 1. The summed E-state index contributed by atoms with van der Waals surface area (Å²) in [7, 11) is -4.32. The Morgan fingerprint density at radius 2 is 1.11 bits per heavy atom. The maximum atomic E-state index is 12.7. The Labute approximate surface area is 284 Å². The molecule has 0 aliphatic carbocycles. The predicted molar refractivity (Wildman–Crippen MR) is 194 cm³/mol. The minimum absolute atomic E-state index is 0.0810. The predicted octanol–water partition coefficient (Wildman–Crippen LogP) is 10.1. The summed E-state index contributed by atoms with van der Waals surface area (Å²) < 4.78 is 22.0. The maximum Gasteiger partial charge on any atom is 0.472 e. The summed E-state index contributed by atoms with van der Waals surface area (Å²) in [6.07, 6.45) is 35.3. The van der Waals surface area contributed by atoms with Crippen molar-refractivity contribution >= 4 is 13.7 Å². The molecule has 0 aromatic carbocycles. The van der Waals surface area contributed by atoms with E-state index in [0.717, 1.165) is 38.5 Å². The van der Waals surface area contributed by atoms with Gasteiger partial charge in [0, 0.05) is 13.0 Å². The molecule has 0 fully saturated rings. The van der Waals surface area contributed by atoms with E-state index in [2.05, 4.69) is 19.2 Å². The quantitative estimate of drug-likeness (QED) is 0.0295. The zero-order valence-corrected chi connectivity index (χ0v) is 31.0. The van der Waals surface area contributed by atoms with Crippen molar-refractivity contribution in [3.8, 4) is 0 Å². The van der Waals surface area contributed by atoms with Crippen LogP contribution in [0.3, 0.4) is 0 Å². The van der Waals surface area contributed by atoms with Crippen LogP contribution in [0.25, 0.3) is 0 Å². The number of allylic oxidation sites excluding steroid dienone is 1. The van der Waals surface area contributed by atoms with Gasteiger partial charge >= 0.3 is 7.82 Å². The van der Waals surface area contributed by atoms with E-state index in [1.165, 1.54) is 128 Å². The SMILES string of the molecule is CCCCCCCCCCCC/C=C/C(O)C(COP(=O)(O)OCCN)NC(=O)CCCCCCCCCCCCCCCCC. The van der Waals surface area contributed by atoms with Crippen molar-refractivity contribution in [3.63, 3.8) is 0 Å². The first-order valence-electron chi connectivity index (χ1n) is 19.3. The Hall–Kier alpha value is -0.760. The summed E-state index contributed by atoms with van der Waals surface area (Å²) in [4.78, 5) is 22.6. The lowest BCUT2D eigenvalue weighted by Gasteiger charge is -2.23. The number of unbranched alkanes of at least 4 members (excludes halogenated alkanes) is 24. The molecule has 9 heteroatoms. The van der Waals surface area contributed by atoms with E-state index < -0.39 is 20.0 Å². The molecular weight excluding hydrogens is 599 g/mol. The lowest BCUT2D eigenvalue weighted by atomic mass is 10.0. The summed E-state index contributed by atoms with van der Waals surface area (Å²) in [5.41, 5.74) is 5.35. The lowest BCUT2D eigenvalue weighted by Crippen LogP contribution is -2.45. The summed E-state index contributed by atoms with van der Waals surface area (Å²) in [5, 5.41) is 13.6. The van der Waals surface area contributed by atoms with E-state index in [-0.39, 0.29) is 25.7 Å². The van der Waals surface area contributed by atoms with Crippen molar-refractivity contribution in [2.45, 2.75) is 199 Å². The topological polar surface area (TPSA) is 131 Å². The molecule has 3 atom stereocenters. The number of carbonyl (C=O) groups excluding carboxylic acids is 1. The molecule has 0 saturated heterocycles. The van der Waals surface area contributed by atoms with Gasteiger partial charge in [-0.25, -0.2) is 4.57 Å². The number of phosphoric ester groups is 1. The minimum Gasteiger partial charge on any atom is -0.387 e. The van der Waals surface area contributed by atoms with E-state index in [9.17, 15) is 19.4 Å². The number of nitrogens with two attached hydrogens (primary N) is 1. The van der Waals surface area contributed by atoms with Gasteiger partial charge < -0.3 is 21.1 Å². The van der Waals surface area contributed by atoms with Crippen LogP contribution in [0.1, 0.15) is 187 Å². The zero-order valence-electron chi connectivity index (χ0n) is 30.1. The molecule has 0 aromatic heterocycles. The molecule has 0 radical (unpaired) electrons. The summed E-state index contributed by atoms with van der Waals surface area (Å²) in [5.74, 6) is -0.193. The van der Waals surface area contributed by atoms with Crippen molar-refractivity contribution < 1.29 is 28.4 Å². The van der Waals surface area contributed by atoms with E-state index in [4.69, 9.17) is 14.8 Å². The smallest absolute Gasteiger partial charge is 0.387 e. The molecule has 0 rings (SSSR count). The summed E-state index contributed by atoms with van der Waals surface area (Å²) in [6.45, 7) is 4.13. The highest BCUT2D eigenvalue weighted by molar-refractivity contribution is 7.47. The van der Waals surface area contributed by atoms with E-state index in [1.807, 2.05) is 6.08 Å². The Balaban J connectivity index is 4.27. The molecule has 1 amide bonds. The highest BCUT2D eigenvalue weighted by Crippen LogP contribution is 2.43. The minimum atomic E-state index is -4.32. The maximum absolute atomic E-state index is 12.7. The fourth-order valence-corrected chi connectivity index (χ4v) is 6.42. The van der Waals surface area contributed by atoms with Gasteiger partial charge in [0.15, 0.2) is 0 Å². The van der Waals surface area contributed by atoms with Crippen LogP contribution in [0.15, 0.2) is 12.2 Å². The third-order valence-electron chi connectivity index (χ3n) is 8.61. The van der Waals surface area contributed by atoms with Crippen LogP contribution in [0.2, 0.25) is 0 Å². The van der Waals surface area contributed by atoms with E-state index in [1.54, 1.807) is 6.08 Å². The molecule has 3 unspecified atom stereocenters. The van der Waals surface area contributed by atoms with Gasteiger partial charge in [0.1, 0.15) is 0 Å². The van der Waals surface area contributed by atoms with Crippen molar-refractivity contribution in [1.82, 2.24) is 5.32 Å². The first-order chi connectivity index (χ1) is 22.4. The normalized spacial score (nSPS) is 14.5. The molecule has 0 spiro atoms. The highest BCUT2D eigenvalue weighted by atomic mass is 31.2. The number of carbonyl (C=O) groups is 1. The second-order valence-electron chi connectivity index (χ2n) is 13.1. The van der Waals surface area contributed by atoms with Crippen molar-refractivity contribution in [3.05, 3.63) is 12.2 Å². The Morgan fingerprint density at radius 3 is 1.54 bits per heavy atom. The number of hydrogen-bond acceptors (Lipinski definition) is 6. The second kappa shape index (κ2) is 34.1. The molecule has 0 saturated carbocycles. The molecule has 0 aliphatic heterocycles. The van der Waals surface area contributed by atoms with Crippen LogP contribution < -0.4 is 11.1 Å². The number of rotatable bonds is 36. The average molecular weight is 675 g/mol. The number of nitrogens with one attached hydrogen (secondary N) is 1. The van der Waals surface area contributed by atoms with Gasteiger partial charge in [0.2, 0.25) is 5.91 Å². The van der Waals surface area contributed by atoms with Crippen LogP contribution in [0.5, 0.6) is 0 Å². The van der Waals surface area contributed by atoms with Gasteiger partial charge in [-0.05, 0) is 19.3 Å². The lowest BCUT2D eigenvalue weighted by molar-refractivity contribution is -0.123. The molecule has 46 heavy (non-hydrogen) atoms. The van der Waals surface area contributed by atoms with Gasteiger partial charge in [0.05, 0.1) is 25.4 Å². The van der Waals surface area contributed by atoms with Gasteiger partial charge in [-0.2, -0.15) is 0 Å². The monoisotopic (exact) mass is 675 g/mol. The zero-order chi connectivity index (χ0) is 34.0. The van der Waals surface area contributed by atoms with E-state index >= 15 is 0 Å². The Kier molecular flexibility index (Phi) is 33.6. The molecule has 274 valence electrons. The van der Waals surface area contributed by atoms with Gasteiger partial charge in [-0.3, -0.25) is 13.8 Å². The number of aliphatic hydroxyl groups is 1. The molecule has 0 bridgehead atoms. The van der Waals surface area contributed by atoms with Crippen LogP contribution in [-0.2, 0) is 18.4 Å². The highest BCUT2D eigenvalue weighted by Gasteiger charge is 2.26. The molecule has 0 heterocycles. The second-order valence-corrected chi connectivity index (χ2v) is 14.6. The third-order valence-corrected chi connectivity index (χ3v) is 9.60. The average Bonchev–Trinajstić information content (AvgIpc) is 3.04. The molecule has 0 aromatic rings. The fourth-order valence-electron chi connectivity index (χ4n) is 5.66. The van der Waals surface area contributed by atoms with E-state index in [0.29, 0.717) is 6.42 Å². The summed E-state index contributed by atoms with van der Waals surface area (Å²) in [6, 6.07) is -0.852. The first-order valence-corrected chi connectivity index (χ1v) is 20.8.